The van der Waals surface area contributed by atoms with Gasteiger partial charge in [0.25, 0.3) is 0 Å². The highest BCUT2D eigenvalue weighted by Gasteiger charge is 2.15. The number of nitrogens with two attached hydrogens (primary N) is 1. The third-order valence-electron chi connectivity index (χ3n) is 2.36. The number of furan rings is 1. The van der Waals surface area contributed by atoms with E-state index in [2.05, 4.69) is 5.32 Å². The molecule has 1 aromatic heterocycles. The summed E-state index contributed by atoms with van der Waals surface area (Å²) < 4.78 is 10.2. The van der Waals surface area contributed by atoms with E-state index in [1.165, 1.54) is 0 Å². The minimum atomic E-state index is -0.233. The van der Waals surface area contributed by atoms with Gasteiger partial charge in [0.2, 0.25) is 5.91 Å². The number of hydrogen-bond acceptors (Lipinski definition) is 4. The van der Waals surface area contributed by atoms with E-state index in [1.54, 1.807) is 19.4 Å². The summed E-state index contributed by atoms with van der Waals surface area (Å²) >= 11 is 0. The molecular weight excluding hydrogens is 208 g/mol. The van der Waals surface area contributed by atoms with Crippen molar-refractivity contribution in [3.63, 3.8) is 0 Å². The van der Waals surface area contributed by atoms with Crippen LogP contribution in [0.15, 0.2) is 22.8 Å². The second kappa shape index (κ2) is 6.30. The molecule has 1 aromatic rings. The van der Waals surface area contributed by atoms with E-state index in [-0.39, 0.29) is 24.5 Å². The van der Waals surface area contributed by atoms with Gasteiger partial charge in [0.15, 0.2) is 0 Å². The van der Waals surface area contributed by atoms with Crippen molar-refractivity contribution in [1.82, 2.24) is 5.32 Å². The highest BCUT2D eigenvalue weighted by molar-refractivity contribution is 5.76. The summed E-state index contributed by atoms with van der Waals surface area (Å²) in [5, 5.41) is 2.81. The molecule has 0 saturated carbocycles. The summed E-state index contributed by atoms with van der Waals surface area (Å²) in [4.78, 5) is 11.6. The molecule has 2 atom stereocenters. The molecule has 5 nitrogen and oxygen atoms in total. The Balaban J connectivity index is 2.39. The average molecular weight is 226 g/mol. The Labute approximate surface area is 94.9 Å². The van der Waals surface area contributed by atoms with E-state index in [9.17, 15) is 4.79 Å². The summed E-state index contributed by atoms with van der Waals surface area (Å²) in [6, 6.07) is 3.47. The normalized spacial score (nSPS) is 14.4. The molecular formula is C11H18N2O3. The van der Waals surface area contributed by atoms with Crippen molar-refractivity contribution >= 4 is 5.91 Å². The average Bonchev–Trinajstić information content (AvgIpc) is 2.79. The van der Waals surface area contributed by atoms with Crippen LogP contribution in [0.2, 0.25) is 0 Å². The number of rotatable bonds is 6. The molecule has 1 rings (SSSR count). The van der Waals surface area contributed by atoms with Crippen molar-refractivity contribution in [2.75, 3.05) is 13.7 Å². The highest BCUT2D eigenvalue weighted by atomic mass is 16.5. The fourth-order valence-electron chi connectivity index (χ4n) is 1.38. The van der Waals surface area contributed by atoms with Gasteiger partial charge in [-0.1, -0.05) is 0 Å². The Kier molecular flexibility index (Phi) is 5.01. The van der Waals surface area contributed by atoms with Crippen LogP contribution >= 0.6 is 0 Å². The van der Waals surface area contributed by atoms with Crippen molar-refractivity contribution in [3.8, 4) is 0 Å². The number of nitrogens with one attached hydrogen (secondary N) is 1. The number of methoxy groups -OCH3 is 1. The second-order valence-electron chi connectivity index (χ2n) is 3.60. The number of hydrogen-bond donors (Lipinski definition) is 2. The van der Waals surface area contributed by atoms with Gasteiger partial charge in [0.05, 0.1) is 24.8 Å². The topological polar surface area (TPSA) is 77.5 Å². The predicted molar refractivity (Wildman–Crippen MR) is 59.7 cm³/mol. The largest absolute Gasteiger partial charge is 0.467 e. The van der Waals surface area contributed by atoms with Gasteiger partial charge in [0, 0.05) is 13.7 Å². The zero-order chi connectivity index (χ0) is 12.0. The number of ether oxygens (including phenoxy) is 1. The van der Waals surface area contributed by atoms with Crippen molar-refractivity contribution in [1.29, 1.82) is 0 Å². The first-order chi connectivity index (χ1) is 7.67. The predicted octanol–water partition coefficient (Wildman–Crippen LogP) is 0.821. The van der Waals surface area contributed by atoms with Crippen LogP contribution in [0.5, 0.6) is 0 Å². The lowest BCUT2D eigenvalue weighted by Gasteiger charge is -2.15. The van der Waals surface area contributed by atoms with Crippen LogP contribution in [-0.2, 0) is 9.53 Å². The third kappa shape index (κ3) is 3.67. The van der Waals surface area contributed by atoms with Crippen LogP contribution in [0.3, 0.4) is 0 Å². The maximum Gasteiger partial charge on any atom is 0.223 e. The van der Waals surface area contributed by atoms with Gasteiger partial charge in [-0.15, -0.1) is 0 Å². The number of carbonyl (C=O) groups is 1. The fourth-order valence-corrected chi connectivity index (χ4v) is 1.38. The number of carbonyl (C=O) groups excluding carboxylic acids is 1. The summed E-state index contributed by atoms with van der Waals surface area (Å²) in [5.41, 5.74) is 5.43. The quantitative estimate of drug-likeness (QED) is 0.752. The van der Waals surface area contributed by atoms with E-state index in [1.807, 2.05) is 13.0 Å². The molecule has 0 saturated heterocycles. The summed E-state index contributed by atoms with van der Waals surface area (Å²) in [5.74, 6) is 0.635. The number of amides is 1. The van der Waals surface area contributed by atoms with Crippen LogP contribution < -0.4 is 11.1 Å². The fraction of sp³-hybridized carbons (Fsp3) is 0.545. The van der Waals surface area contributed by atoms with E-state index in [0.717, 1.165) is 5.76 Å². The molecule has 0 aliphatic heterocycles. The Hall–Kier alpha value is -1.33. The molecule has 0 spiro atoms. The summed E-state index contributed by atoms with van der Waals surface area (Å²) in [6.07, 6.45) is 1.61. The van der Waals surface area contributed by atoms with Crippen LogP contribution in [-0.4, -0.2) is 25.7 Å². The molecule has 0 aliphatic carbocycles. The van der Waals surface area contributed by atoms with Gasteiger partial charge in [-0.3, -0.25) is 4.79 Å². The highest BCUT2D eigenvalue weighted by Crippen LogP contribution is 2.12. The van der Waals surface area contributed by atoms with E-state index in [4.69, 9.17) is 14.9 Å². The third-order valence-corrected chi connectivity index (χ3v) is 2.36. The zero-order valence-corrected chi connectivity index (χ0v) is 9.60. The molecule has 1 heterocycles. The minimum Gasteiger partial charge on any atom is -0.467 e. The van der Waals surface area contributed by atoms with Crippen LogP contribution in [0.4, 0.5) is 0 Å². The monoisotopic (exact) mass is 226 g/mol. The van der Waals surface area contributed by atoms with Crippen molar-refractivity contribution in [2.24, 2.45) is 5.73 Å². The van der Waals surface area contributed by atoms with Crippen LogP contribution in [0.25, 0.3) is 0 Å². The van der Waals surface area contributed by atoms with Gasteiger partial charge >= 0.3 is 0 Å². The lowest BCUT2D eigenvalue weighted by atomic mass is 10.2. The maximum atomic E-state index is 11.6. The molecule has 0 radical (unpaired) electrons. The molecule has 90 valence electrons. The molecule has 0 bridgehead atoms. The van der Waals surface area contributed by atoms with Crippen molar-refractivity contribution < 1.29 is 13.9 Å². The minimum absolute atomic E-state index is 0.0961. The molecule has 5 heteroatoms. The van der Waals surface area contributed by atoms with Gasteiger partial charge < -0.3 is 20.2 Å². The van der Waals surface area contributed by atoms with E-state index < -0.39 is 0 Å². The van der Waals surface area contributed by atoms with Gasteiger partial charge in [-0.05, 0) is 19.1 Å². The molecule has 16 heavy (non-hydrogen) atoms. The first kappa shape index (κ1) is 12.7. The van der Waals surface area contributed by atoms with Crippen molar-refractivity contribution in [3.05, 3.63) is 24.2 Å². The van der Waals surface area contributed by atoms with Gasteiger partial charge in [-0.25, -0.2) is 0 Å². The lowest BCUT2D eigenvalue weighted by molar-refractivity contribution is -0.124. The van der Waals surface area contributed by atoms with E-state index in [0.29, 0.717) is 6.54 Å². The lowest BCUT2D eigenvalue weighted by Crippen LogP contribution is -2.33. The Morgan fingerprint density at radius 1 is 1.69 bits per heavy atom. The Morgan fingerprint density at radius 3 is 2.94 bits per heavy atom. The van der Waals surface area contributed by atoms with Gasteiger partial charge in [0.1, 0.15) is 5.76 Å². The smallest absolute Gasteiger partial charge is 0.223 e. The first-order valence-corrected chi connectivity index (χ1v) is 5.23. The zero-order valence-electron chi connectivity index (χ0n) is 9.60. The molecule has 0 fully saturated rings. The van der Waals surface area contributed by atoms with Crippen LogP contribution in [0.1, 0.15) is 25.1 Å². The van der Waals surface area contributed by atoms with Crippen LogP contribution in [0, 0.1) is 0 Å². The molecule has 3 N–H and O–H groups in total. The van der Waals surface area contributed by atoms with E-state index >= 15 is 0 Å². The Morgan fingerprint density at radius 2 is 2.44 bits per heavy atom. The van der Waals surface area contributed by atoms with Gasteiger partial charge in [-0.2, -0.15) is 0 Å². The van der Waals surface area contributed by atoms with Crippen molar-refractivity contribution in [2.45, 2.75) is 25.5 Å². The summed E-state index contributed by atoms with van der Waals surface area (Å²) in [7, 11) is 1.54. The molecule has 0 aliphatic rings. The molecule has 0 aromatic carbocycles. The Bertz CT molecular complexity index is 307. The standard InChI is InChI=1S/C11H18N2O3/c1-8(10-4-3-5-16-10)13-11(14)6-9(7-12)15-2/h3-5,8-9H,6-7,12H2,1-2H3,(H,13,14)/t8-,9?/m0/s1. The first-order valence-electron chi connectivity index (χ1n) is 5.23. The second-order valence-corrected chi connectivity index (χ2v) is 3.60. The maximum absolute atomic E-state index is 11.6. The molecule has 1 amide bonds. The summed E-state index contributed by atoms with van der Waals surface area (Å²) in [6.45, 7) is 2.19. The SMILES string of the molecule is COC(CN)CC(=O)N[C@@H](C)c1ccco1. The molecule has 1 unspecified atom stereocenters.